The van der Waals surface area contributed by atoms with Crippen molar-refractivity contribution in [3.63, 3.8) is 0 Å². The predicted molar refractivity (Wildman–Crippen MR) is 142 cm³/mol. The summed E-state index contributed by atoms with van der Waals surface area (Å²) in [7, 11) is 0. The van der Waals surface area contributed by atoms with Crippen molar-refractivity contribution in [3.8, 4) is 0 Å². The highest BCUT2D eigenvalue weighted by Gasteiger charge is 2.38. The molecule has 1 aliphatic carbocycles. The molecular formula is C30H34N2O2S. The van der Waals surface area contributed by atoms with Crippen LogP contribution in [0.25, 0.3) is 0 Å². The summed E-state index contributed by atoms with van der Waals surface area (Å²) in [5, 5.41) is 2.13. The van der Waals surface area contributed by atoms with Crippen LogP contribution >= 0.6 is 11.3 Å². The molecule has 5 rings (SSSR count). The molecule has 0 radical (unpaired) electrons. The van der Waals surface area contributed by atoms with E-state index >= 15 is 0 Å². The van der Waals surface area contributed by atoms with Crippen molar-refractivity contribution in [2.45, 2.75) is 64.5 Å². The first-order valence-electron chi connectivity index (χ1n) is 12.6. The van der Waals surface area contributed by atoms with E-state index in [0.717, 1.165) is 19.3 Å². The first-order valence-corrected chi connectivity index (χ1v) is 13.4. The fourth-order valence-electron chi connectivity index (χ4n) is 5.08. The number of aryl methyl sites for hydroxylation is 1. The highest BCUT2D eigenvalue weighted by molar-refractivity contribution is 7.10. The standard InChI is InChI=1S/C30H34N2O2S/c1-20-7-5-6-8-24(20)28-25-16-18-35-26(25)15-17-31(28)27(33)19-32(23-13-14-23)29(34)21-9-11-22(12-10-21)30(2,3)4/h5-12,16,18,23,28H,13-15,17,19H2,1-4H3. The molecule has 0 N–H and O–H groups in total. The van der Waals surface area contributed by atoms with Gasteiger partial charge in [-0.15, -0.1) is 11.3 Å². The van der Waals surface area contributed by atoms with Gasteiger partial charge >= 0.3 is 0 Å². The molecule has 4 nitrogen and oxygen atoms in total. The van der Waals surface area contributed by atoms with E-state index in [2.05, 4.69) is 51.3 Å². The molecule has 2 heterocycles. The summed E-state index contributed by atoms with van der Waals surface area (Å²) in [5.74, 6) is -0.0105. The molecule has 2 aliphatic rings. The molecule has 1 aromatic heterocycles. The Morgan fingerprint density at radius 2 is 1.71 bits per heavy atom. The number of thiophene rings is 1. The first-order chi connectivity index (χ1) is 16.7. The van der Waals surface area contributed by atoms with Crippen molar-refractivity contribution in [1.29, 1.82) is 0 Å². The summed E-state index contributed by atoms with van der Waals surface area (Å²) in [6.07, 6.45) is 2.80. The molecule has 182 valence electrons. The fourth-order valence-corrected chi connectivity index (χ4v) is 5.99. The molecule has 1 unspecified atom stereocenters. The zero-order chi connectivity index (χ0) is 24.7. The van der Waals surface area contributed by atoms with Gasteiger partial charge in [-0.2, -0.15) is 0 Å². The molecule has 0 spiro atoms. The topological polar surface area (TPSA) is 40.6 Å². The van der Waals surface area contributed by atoms with Gasteiger partial charge in [-0.25, -0.2) is 0 Å². The van der Waals surface area contributed by atoms with E-state index in [9.17, 15) is 9.59 Å². The van der Waals surface area contributed by atoms with Gasteiger partial charge in [-0.05, 0) is 77.4 Å². The third kappa shape index (κ3) is 4.79. The molecule has 0 bridgehead atoms. The summed E-state index contributed by atoms with van der Waals surface area (Å²) < 4.78 is 0. The molecule has 1 saturated carbocycles. The van der Waals surface area contributed by atoms with Gasteiger partial charge in [0.25, 0.3) is 5.91 Å². The molecule has 1 aliphatic heterocycles. The third-order valence-corrected chi connectivity index (χ3v) is 8.32. The summed E-state index contributed by atoms with van der Waals surface area (Å²) in [4.78, 5) is 32.5. The molecule has 1 atom stereocenters. The minimum Gasteiger partial charge on any atom is -0.330 e. The Hall–Kier alpha value is -2.92. The Morgan fingerprint density at radius 1 is 1.00 bits per heavy atom. The van der Waals surface area contributed by atoms with Crippen LogP contribution in [0.2, 0.25) is 0 Å². The lowest BCUT2D eigenvalue weighted by Crippen LogP contribution is -2.47. The molecule has 3 aromatic rings. The van der Waals surface area contributed by atoms with Crippen LogP contribution in [0.4, 0.5) is 0 Å². The van der Waals surface area contributed by atoms with E-state index in [1.165, 1.54) is 27.1 Å². The lowest BCUT2D eigenvalue weighted by Gasteiger charge is -2.38. The number of benzene rings is 2. The van der Waals surface area contributed by atoms with Crippen LogP contribution in [0.3, 0.4) is 0 Å². The van der Waals surface area contributed by atoms with Crippen LogP contribution in [0.1, 0.15) is 77.1 Å². The lowest BCUT2D eigenvalue weighted by atomic mass is 9.86. The fraction of sp³-hybridized carbons (Fsp3) is 0.400. The zero-order valence-electron chi connectivity index (χ0n) is 21.1. The number of carbonyl (C=O) groups is 2. The van der Waals surface area contributed by atoms with Crippen molar-refractivity contribution in [2.75, 3.05) is 13.1 Å². The minimum atomic E-state index is -0.0964. The van der Waals surface area contributed by atoms with Gasteiger partial charge in [-0.1, -0.05) is 57.2 Å². The molecule has 2 amide bonds. The van der Waals surface area contributed by atoms with Crippen LogP contribution in [-0.4, -0.2) is 40.7 Å². The molecule has 5 heteroatoms. The van der Waals surface area contributed by atoms with E-state index in [1.807, 2.05) is 46.2 Å². The molecular weight excluding hydrogens is 452 g/mol. The molecule has 35 heavy (non-hydrogen) atoms. The summed E-state index contributed by atoms with van der Waals surface area (Å²) in [6, 6.07) is 18.5. The van der Waals surface area contributed by atoms with Gasteiger partial charge in [0.2, 0.25) is 5.91 Å². The SMILES string of the molecule is Cc1ccccc1C1c2ccsc2CCN1C(=O)CN(C(=O)c1ccc(C(C)(C)C)cc1)C1CC1. The number of hydrogen-bond donors (Lipinski definition) is 0. The van der Waals surface area contributed by atoms with Gasteiger partial charge < -0.3 is 9.80 Å². The zero-order valence-corrected chi connectivity index (χ0v) is 21.9. The van der Waals surface area contributed by atoms with E-state index in [4.69, 9.17) is 0 Å². The largest absolute Gasteiger partial charge is 0.330 e. The number of hydrogen-bond acceptors (Lipinski definition) is 3. The molecule has 0 saturated heterocycles. The van der Waals surface area contributed by atoms with Crippen molar-refractivity contribution < 1.29 is 9.59 Å². The number of amides is 2. The Kier molecular flexibility index (Phi) is 6.30. The van der Waals surface area contributed by atoms with Gasteiger partial charge in [-0.3, -0.25) is 9.59 Å². The minimum absolute atomic E-state index is 0.0293. The average Bonchev–Trinajstić information content (AvgIpc) is 3.57. The average molecular weight is 487 g/mol. The van der Waals surface area contributed by atoms with Crippen molar-refractivity contribution in [3.05, 3.63) is 92.7 Å². The molecule has 2 aromatic carbocycles. The van der Waals surface area contributed by atoms with Crippen LogP contribution in [0.5, 0.6) is 0 Å². The van der Waals surface area contributed by atoms with Gasteiger partial charge in [0.1, 0.15) is 6.54 Å². The van der Waals surface area contributed by atoms with Crippen molar-refractivity contribution >= 4 is 23.2 Å². The monoisotopic (exact) mass is 486 g/mol. The number of fused-ring (bicyclic) bond motifs is 1. The van der Waals surface area contributed by atoms with Crippen LogP contribution < -0.4 is 0 Å². The summed E-state index contributed by atoms with van der Waals surface area (Å²) in [5.41, 5.74) is 5.47. The highest BCUT2D eigenvalue weighted by atomic mass is 32.1. The number of rotatable bonds is 5. The van der Waals surface area contributed by atoms with Gasteiger partial charge in [0, 0.05) is 23.0 Å². The third-order valence-electron chi connectivity index (χ3n) is 7.32. The normalized spacial score (nSPS) is 17.7. The Balaban J connectivity index is 1.41. The smallest absolute Gasteiger partial charge is 0.254 e. The van der Waals surface area contributed by atoms with E-state index in [-0.39, 0.29) is 35.9 Å². The Bertz CT molecular complexity index is 1230. The van der Waals surface area contributed by atoms with Crippen LogP contribution in [0, 0.1) is 6.92 Å². The van der Waals surface area contributed by atoms with Gasteiger partial charge in [0.05, 0.1) is 6.04 Å². The van der Waals surface area contributed by atoms with E-state index in [1.54, 1.807) is 11.3 Å². The van der Waals surface area contributed by atoms with E-state index < -0.39 is 0 Å². The quantitative estimate of drug-likeness (QED) is 0.435. The van der Waals surface area contributed by atoms with Crippen LogP contribution in [0.15, 0.2) is 60.0 Å². The maximum Gasteiger partial charge on any atom is 0.254 e. The molecule has 1 fully saturated rings. The Labute approximate surface area is 212 Å². The number of nitrogens with zero attached hydrogens (tertiary/aromatic N) is 2. The second-order valence-electron chi connectivity index (χ2n) is 10.9. The lowest BCUT2D eigenvalue weighted by molar-refractivity contribution is -0.134. The summed E-state index contributed by atoms with van der Waals surface area (Å²) in [6.45, 7) is 9.43. The second-order valence-corrected chi connectivity index (χ2v) is 11.9. The predicted octanol–water partition coefficient (Wildman–Crippen LogP) is 6.13. The van der Waals surface area contributed by atoms with E-state index in [0.29, 0.717) is 12.1 Å². The Morgan fingerprint density at radius 3 is 2.37 bits per heavy atom. The van der Waals surface area contributed by atoms with Crippen LogP contribution in [-0.2, 0) is 16.6 Å². The first kappa shape index (κ1) is 23.8. The maximum atomic E-state index is 13.8. The van der Waals surface area contributed by atoms with Gasteiger partial charge in [0.15, 0.2) is 0 Å². The number of carbonyl (C=O) groups excluding carboxylic acids is 2. The van der Waals surface area contributed by atoms with Crippen molar-refractivity contribution in [2.24, 2.45) is 0 Å². The summed E-state index contributed by atoms with van der Waals surface area (Å²) >= 11 is 1.77. The maximum absolute atomic E-state index is 13.8. The highest BCUT2D eigenvalue weighted by Crippen LogP contribution is 2.39. The van der Waals surface area contributed by atoms with Crippen molar-refractivity contribution in [1.82, 2.24) is 9.80 Å². The second kappa shape index (κ2) is 9.27.